The van der Waals surface area contributed by atoms with E-state index < -0.39 is 0 Å². The Labute approximate surface area is 188 Å². The number of rotatable bonds is 7. The first-order chi connectivity index (χ1) is 15.1. The van der Waals surface area contributed by atoms with Crippen molar-refractivity contribution in [2.24, 2.45) is 0 Å². The minimum Gasteiger partial charge on any atom is -0.497 e. The van der Waals surface area contributed by atoms with Gasteiger partial charge in [0.05, 0.1) is 23.4 Å². The Hall–Kier alpha value is -3.23. The van der Waals surface area contributed by atoms with E-state index in [1.807, 2.05) is 67.6 Å². The second-order valence-corrected chi connectivity index (χ2v) is 8.62. The van der Waals surface area contributed by atoms with Crippen molar-refractivity contribution in [3.05, 3.63) is 72.4 Å². The number of benzene rings is 2. The molecular formula is C23H20N4O2S2. The molecule has 156 valence electrons. The fourth-order valence-corrected chi connectivity index (χ4v) is 4.54. The van der Waals surface area contributed by atoms with Gasteiger partial charge >= 0.3 is 0 Å². The fourth-order valence-electron chi connectivity index (χ4n) is 2.89. The number of aromatic nitrogens is 3. The molecule has 0 bridgehead atoms. The van der Waals surface area contributed by atoms with Crippen molar-refractivity contribution in [1.29, 1.82) is 0 Å². The van der Waals surface area contributed by atoms with Gasteiger partial charge in [0.15, 0.2) is 0 Å². The molecule has 4 rings (SSSR count). The average Bonchev–Trinajstić information content (AvgIpc) is 3.20. The van der Waals surface area contributed by atoms with Gasteiger partial charge in [0, 0.05) is 17.3 Å². The lowest BCUT2D eigenvalue weighted by Crippen LogP contribution is -2.14. The molecule has 0 saturated carbocycles. The number of anilines is 1. The third kappa shape index (κ3) is 5.28. The molecule has 0 spiro atoms. The van der Waals surface area contributed by atoms with Crippen molar-refractivity contribution >= 4 is 34.7 Å². The number of nitrogens with one attached hydrogen (secondary N) is 1. The van der Waals surface area contributed by atoms with Gasteiger partial charge in [-0.3, -0.25) is 4.79 Å². The van der Waals surface area contributed by atoms with Crippen LogP contribution in [0, 0.1) is 6.92 Å². The number of hydrogen-bond acceptors (Lipinski definition) is 7. The molecule has 2 aromatic heterocycles. The predicted molar refractivity (Wildman–Crippen MR) is 126 cm³/mol. The number of carbonyl (C=O) groups is 1. The molecule has 4 aromatic rings. The molecule has 1 N–H and O–H groups in total. The van der Waals surface area contributed by atoms with Crippen molar-refractivity contribution in [3.8, 4) is 26.9 Å². The standard InChI is InChI=1S/C23H20N4O2S2/c1-15-22(31-23(24-15)16-7-4-3-5-8-16)19-11-12-21(27-26-19)30-14-20(28)25-17-9-6-10-18(13-17)29-2/h3-13H,14H2,1-2H3,(H,25,28). The van der Waals surface area contributed by atoms with Crippen LogP contribution in [-0.4, -0.2) is 34.0 Å². The van der Waals surface area contributed by atoms with Gasteiger partial charge in [-0.25, -0.2) is 4.98 Å². The molecule has 2 aromatic carbocycles. The summed E-state index contributed by atoms with van der Waals surface area (Å²) in [6.07, 6.45) is 0. The molecule has 0 fully saturated rings. The van der Waals surface area contributed by atoms with Crippen LogP contribution in [-0.2, 0) is 4.79 Å². The molecule has 0 saturated heterocycles. The van der Waals surface area contributed by atoms with Gasteiger partial charge in [-0.1, -0.05) is 48.2 Å². The smallest absolute Gasteiger partial charge is 0.234 e. The quantitative estimate of drug-likeness (QED) is 0.386. The zero-order chi connectivity index (χ0) is 21.6. The summed E-state index contributed by atoms with van der Waals surface area (Å²) in [6.45, 7) is 1.98. The monoisotopic (exact) mass is 448 g/mol. The van der Waals surface area contributed by atoms with E-state index in [-0.39, 0.29) is 11.7 Å². The Balaban J connectivity index is 1.38. The number of nitrogens with zero attached hydrogens (tertiary/aromatic N) is 3. The lowest BCUT2D eigenvalue weighted by Gasteiger charge is -2.06. The topological polar surface area (TPSA) is 77.0 Å². The van der Waals surface area contributed by atoms with Crippen molar-refractivity contribution in [3.63, 3.8) is 0 Å². The van der Waals surface area contributed by atoms with Gasteiger partial charge in [0.2, 0.25) is 5.91 Å². The number of hydrogen-bond donors (Lipinski definition) is 1. The summed E-state index contributed by atoms with van der Waals surface area (Å²) >= 11 is 2.94. The molecule has 0 unspecified atom stereocenters. The van der Waals surface area contributed by atoms with E-state index in [1.54, 1.807) is 24.5 Å². The maximum atomic E-state index is 12.2. The Kier molecular flexibility index (Phi) is 6.59. The Morgan fingerprint density at radius 1 is 1.06 bits per heavy atom. The molecule has 1 amide bonds. The number of ether oxygens (including phenoxy) is 1. The van der Waals surface area contributed by atoms with Gasteiger partial charge in [-0.15, -0.1) is 21.5 Å². The summed E-state index contributed by atoms with van der Waals surface area (Å²) in [5.41, 5.74) is 3.49. The second-order valence-electron chi connectivity index (χ2n) is 6.63. The van der Waals surface area contributed by atoms with Gasteiger partial charge in [0.25, 0.3) is 0 Å². The Morgan fingerprint density at radius 2 is 1.90 bits per heavy atom. The van der Waals surface area contributed by atoms with E-state index in [0.29, 0.717) is 16.5 Å². The molecule has 2 heterocycles. The summed E-state index contributed by atoms with van der Waals surface area (Å²) in [4.78, 5) is 17.9. The summed E-state index contributed by atoms with van der Waals surface area (Å²) in [6, 6.07) is 21.1. The summed E-state index contributed by atoms with van der Waals surface area (Å²) < 4.78 is 5.17. The van der Waals surface area contributed by atoms with Crippen LogP contribution in [0.3, 0.4) is 0 Å². The molecule has 0 radical (unpaired) electrons. The molecular weight excluding hydrogens is 428 g/mol. The van der Waals surface area contributed by atoms with Crippen LogP contribution < -0.4 is 10.1 Å². The van der Waals surface area contributed by atoms with E-state index in [2.05, 4.69) is 20.5 Å². The largest absolute Gasteiger partial charge is 0.497 e. The molecule has 0 aliphatic heterocycles. The first-order valence-electron chi connectivity index (χ1n) is 9.56. The maximum Gasteiger partial charge on any atom is 0.234 e. The zero-order valence-corrected chi connectivity index (χ0v) is 18.7. The lowest BCUT2D eigenvalue weighted by atomic mass is 10.2. The molecule has 0 aliphatic carbocycles. The summed E-state index contributed by atoms with van der Waals surface area (Å²) in [5.74, 6) is 0.818. The van der Waals surface area contributed by atoms with E-state index in [9.17, 15) is 4.79 Å². The van der Waals surface area contributed by atoms with E-state index in [0.717, 1.165) is 26.8 Å². The van der Waals surface area contributed by atoms with Crippen LogP contribution in [0.4, 0.5) is 5.69 Å². The van der Waals surface area contributed by atoms with Crippen LogP contribution in [0.1, 0.15) is 5.69 Å². The number of amides is 1. The Bertz CT molecular complexity index is 1180. The normalized spacial score (nSPS) is 10.6. The minimum atomic E-state index is -0.116. The predicted octanol–water partition coefficient (Wildman–Crippen LogP) is 5.31. The van der Waals surface area contributed by atoms with Crippen molar-refractivity contribution in [1.82, 2.24) is 15.2 Å². The highest BCUT2D eigenvalue weighted by molar-refractivity contribution is 7.99. The van der Waals surface area contributed by atoms with Crippen molar-refractivity contribution < 1.29 is 9.53 Å². The van der Waals surface area contributed by atoms with Crippen LogP contribution in [0.5, 0.6) is 5.75 Å². The highest BCUT2D eigenvalue weighted by Crippen LogP contribution is 2.34. The average molecular weight is 449 g/mol. The number of thiazole rings is 1. The van der Waals surface area contributed by atoms with Crippen molar-refractivity contribution in [2.45, 2.75) is 11.9 Å². The highest BCUT2D eigenvalue weighted by Gasteiger charge is 2.13. The van der Waals surface area contributed by atoms with Gasteiger partial charge < -0.3 is 10.1 Å². The molecule has 31 heavy (non-hydrogen) atoms. The lowest BCUT2D eigenvalue weighted by molar-refractivity contribution is -0.113. The number of thioether (sulfide) groups is 1. The zero-order valence-electron chi connectivity index (χ0n) is 17.0. The van der Waals surface area contributed by atoms with Crippen LogP contribution in [0.15, 0.2) is 71.8 Å². The third-order valence-electron chi connectivity index (χ3n) is 4.39. The van der Waals surface area contributed by atoms with E-state index >= 15 is 0 Å². The molecule has 8 heteroatoms. The summed E-state index contributed by atoms with van der Waals surface area (Å²) in [7, 11) is 1.59. The van der Waals surface area contributed by atoms with Gasteiger partial charge in [-0.2, -0.15) is 0 Å². The first kappa shape index (κ1) is 21.0. The Morgan fingerprint density at radius 3 is 2.65 bits per heavy atom. The van der Waals surface area contributed by atoms with Crippen LogP contribution >= 0.6 is 23.1 Å². The van der Waals surface area contributed by atoms with E-state index in [1.165, 1.54) is 11.8 Å². The molecule has 6 nitrogen and oxygen atoms in total. The van der Waals surface area contributed by atoms with Crippen LogP contribution in [0.2, 0.25) is 0 Å². The van der Waals surface area contributed by atoms with Crippen molar-refractivity contribution in [2.75, 3.05) is 18.2 Å². The number of methoxy groups -OCH3 is 1. The molecule has 0 atom stereocenters. The first-order valence-corrected chi connectivity index (χ1v) is 11.4. The second kappa shape index (κ2) is 9.72. The van der Waals surface area contributed by atoms with E-state index in [4.69, 9.17) is 4.74 Å². The minimum absolute atomic E-state index is 0.116. The highest BCUT2D eigenvalue weighted by atomic mass is 32.2. The fraction of sp³-hybridized carbons (Fsp3) is 0.130. The van der Waals surface area contributed by atoms with Gasteiger partial charge in [-0.05, 0) is 31.2 Å². The number of aryl methyl sites for hydroxylation is 1. The van der Waals surface area contributed by atoms with Gasteiger partial charge in [0.1, 0.15) is 21.5 Å². The summed E-state index contributed by atoms with van der Waals surface area (Å²) in [5, 5.41) is 13.1. The third-order valence-corrected chi connectivity index (χ3v) is 6.54. The number of carbonyl (C=O) groups excluding carboxylic acids is 1. The molecule has 0 aliphatic rings. The van der Waals surface area contributed by atoms with Crippen LogP contribution in [0.25, 0.3) is 21.1 Å². The SMILES string of the molecule is COc1cccc(NC(=O)CSc2ccc(-c3sc(-c4ccccc4)nc3C)nn2)c1. The maximum absolute atomic E-state index is 12.2.